The Morgan fingerprint density at radius 1 is 1.48 bits per heavy atom. The molecule has 0 aromatic carbocycles. The van der Waals surface area contributed by atoms with Crippen LogP contribution in [0.25, 0.3) is 0 Å². The zero-order chi connectivity index (χ0) is 16.3. The van der Waals surface area contributed by atoms with E-state index >= 15 is 0 Å². The van der Waals surface area contributed by atoms with Crippen molar-refractivity contribution in [1.29, 1.82) is 0 Å². The van der Waals surface area contributed by atoms with E-state index in [-0.39, 0.29) is 21.8 Å². The summed E-state index contributed by atoms with van der Waals surface area (Å²) in [7, 11) is 2.96. The van der Waals surface area contributed by atoms with Crippen LogP contribution in [0.15, 0.2) is 15.4 Å². The molecule has 0 atom stereocenters. The van der Waals surface area contributed by atoms with Gasteiger partial charge in [0.2, 0.25) is 0 Å². The number of amides is 1. The molecule has 1 amide bonds. The first-order chi connectivity index (χ1) is 9.57. The zero-order valence-corrected chi connectivity index (χ0v) is 14.1. The number of ether oxygens (including phenoxy) is 1. The fourth-order valence-corrected chi connectivity index (χ4v) is 2.79. The van der Waals surface area contributed by atoms with E-state index in [2.05, 4.69) is 5.32 Å². The minimum Gasteiger partial charge on any atom is -0.455 e. The van der Waals surface area contributed by atoms with Gasteiger partial charge in [-0.3, -0.25) is 4.79 Å². The van der Waals surface area contributed by atoms with Crippen LogP contribution in [0.4, 0.5) is 0 Å². The van der Waals surface area contributed by atoms with Crippen molar-refractivity contribution >= 4 is 25.6 Å². The largest absolute Gasteiger partial charge is 0.455 e. The summed E-state index contributed by atoms with van der Waals surface area (Å²) < 4.78 is 32.7. The normalized spacial score (nSPS) is 12.4. The molecule has 0 aliphatic rings. The average molecular weight is 338 g/mol. The summed E-state index contributed by atoms with van der Waals surface area (Å²) in [6.07, 6.45) is 0.780. The second kappa shape index (κ2) is 6.81. The van der Waals surface area contributed by atoms with Crippen molar-refractivity contribution in [2.75, 3.05) is 20.3 Å². The standard InChI is InChI=1S/C13H20ClNO5S/c1-9-11(21(14,17)18)7-10(20-9)12(16)15-8-13(2,3)5-6-19-4/h7H,5-6,8H2,1-4H3,(H,15,16). The monoisotopic (exact) mass is 337 g/mol. The molecule has 1 aromatic rings. The highest BCUT2D eigenvalue weighted by atomic mass is 35.7. The molecule has 0 spiro atoms. The maximum Gasteiger partial charge on any atom is 0.287 e. The smallest absolute Gasteiger partial charge is 0.287 e. The van der Waals surface area contributed by atoms with Crippen LogP contribution >= 0.6 is 10.7 Å². The van der Waals surface area contributed by atoms with Crippen LogP contribution in [0, 0.1) is 12.3 Å². The Labute approximate surface area is 129 Å². The number of carbonyl (C=O) groups is 1. The summed E-state index contributed by atoms with van der Waals surface area (Å²) in [5.74, 6) is -0.460. The van der Waals surface area contributed by atoms with Crippen LogP contribution in [-0.2, 0) is 13.8 Å². The van der Waals surface area contributed by atoms with Gasteiger partial charge in [-0.15, -0.1) is 0 Å². The van der Waals surface area contributed by atoms with Gasteiger partial charge in [-0.05, 0) is 18.8 Å². The minimum atomic E-state index is -3.92. The predicted octanol–water partition coefficient (Wildman–Crippen LogP) is 2.31. The van der Waals surface area contributed by atoms with Gasteiger partial charge in [-0.2, -0.15) is 0 Å². The Kier molecular flexibility index (Phi) is 5.83. The predicted molar refractivity (Wildman–Crippen MR) is 79.1 cm³/mol. The molecule has 8 heteroatoms. The van der Waals surface area contributed by atoms with E-state index in [9.17, 15) is 13.2 Å². The third-order valence-corrected chi connectivity index (χ3v) is 4.50. The lowest BCUT2D eigenvalue weighted by molar-refractivity contribution is 0.0892. The lowest BCUT2D eigenvalue weighted by Crippen LogP contribution is -2.34. The van der Waals surface area contributed by atoms with E-state index in [0.717, 1.165) is 12.5 Å². The molecule has 1 rings (SSSR count). The number of rotatable bonds is 7. The third-order valence-electron chi connectivity index (χ3n) is 3.07. The van der Waals surface area contributed by atoms with Gasteiger partial charge in [0.25, 0.3) is 15.0 Å². The molecule has 0 radical (unpaired) electrons. The maximum absolute atomic E-state index is 12.0. The molecule has 120 valence electrons. The Bertz CT molecular complexity index is 606. The summed E-state index contributed by atoms with van der Waals surface area (Å²) in [6, 6.07) is 1.13. The quantitative estimate of drug-likeness (QED) is 0.772. The molecule has 0 saturated heterocycles. The Morgan fingerprint density at radius 2 is 2.10 bits per heavy atom. The van der Waals surface area contributed by atoms with E-state index in [4.69, 9.17) is 19.8 Å². The minimum absolute atomic E-state index is 0.0748. The molecule has 0 fully saturated rings. The van der Waals surface area contributed by atoms with Crippen molar-refractivity contribution in [3.05, 3.63) is 17.6 Å². The van der Waals surface area contributed by atoms with Gasteiger partial charge in [-0.1, -0.05) is 13.8 Å². The molecular formula is C13H20ClNO5S. The SMILES string of the molecule is COCCC(C)(C)CNC(=O)c1cc(S(=O)(=O)Cl)c(C)o1. The summed E-state index contributed by atoms with van der Waals surface area (Å²) in [6.45, 7) is 6.44. The van der Waals surface area contributed by atoms with Gasteiger partial charge in [0, 0.05) is 37.0 Å². The van der Waals surface area contributed by atoms with Gasteiger partial charge in [0.05, 0.1) is 0 Å². The van der Waals surface area contributed by atoms with E-state index in [1.165, 1.54) is 6.92 Å². The topological polar surface area (TPSA) is 85.6 Å². The third kappa shape index (κ3) is 5.33. The second-order valence-corrected chi connectivity index (χ2v) is 8.09. The van der Waals surface area contributed by atoms with E-state index in [0.29, 0.717) is 13.2 Å². The molecule has 0 bridgehead atoms. The number of nitrogens with one attached hydrogen (secondary N) is 1. The summed E-state index contributed by atoms with van der Waals surface area (Å²) >= 11 is 0. The number of carbonyl (C=O) groups excluding carboxylic acids is 1. The molecule has 21 heavy (non-hydrogen) atoms. The fraction of sp³-hybridized carbons (Fsp3) is 0.615. The number of methoxy groups -OCH3 is 1. The average Bonchev–Trinajstić information content (AvgIpc) is 2.76. The molecule has 1 heterocycles. The number of aryl methyl sites for hydroxylation is 1. The molecular weight excluding hydrogens is 318 g/mol. The molecule has 0 aliphatic heterocycles. The lowest BCUT2D eigenvalue weighted by Gasteiger charge is -2.24. The molecule has 0 unspecified atom stereocenters. The number of hydrogen-bond donors (Lipinski definition) is 1. The first-order valence-electron chi connectivity index (χ1n) is 6.39. The number of hydrogen-bond acceptors (Lipinski definition) is 5. The maximum atomic E-state index is 12.0. The highest BCUT2D eigenvalue weighted by Crippen LogP contribution is 2.24. The van der Waals surface area contributed by atoms with Crippen molar-refractivity contribution in [2.24, 2.45) is 5.41 Å². The van der Waals surface area contributed by atoms with Crippen molar-refractivity contribution in [1.82, 2.24) is 5.32 Å². The molecule has 0 saturated carbocycles. The fourth-order valence-electron chi connectivity index (χ4n) is 1.69. The molecule has 1 aromatic heterocycles. The summed E-state index contributed by atoms with van der Waals surface area (Å²) in [4.78, 5) is 11.8. The molecule has 0 aliphatic carbocycles. The highest BCUT2D eigenvalue weighted by molar-refractivity contribution is 8.13. The van der Waals surface area contributed by atoms with E-state index in [1.807, 2.05) is 13.8 Å². The summed E-state index contributed by atoms with van der Waals surface area (Å²) in [5, 5.41) is 2.71. The number of furan rings is 1. The van der Waals surface area contributed by atoms with Crippen LogP contribution < -0.4 is 5.32 Å². The first kappa shape index (κ1) is 18.0. The Balaban J connectivity index is 2.73. The Hall–Kier alpha value is -1.05. The van der Waals surface area contributed by atoms with E-state index < -0.39 is 15.0 Å². The van der Waals surface area contributed by atoms with Gasteiger partial charge < -0.3 is 14.5 Å². The van der Waals surface area contributed by atoms with Crippen molar-refractivity contribution < 1.29 is 22.4 Å². The van der Waals surface area contributed by atoms with Gasteiger partial charge in [0.1, 0.15) is 10.7 Å². The van der Waals surface area contributed by atoms with Gasteiger partial charge >= 0.3 is 0 Å². The first-order valence-corrected chi connectivity index (χ1v) is 8.70. The van der Waals surface area contributed by atoms with Crippen LogP contribution in [0.2, 0.25) is 0 Å². The lowest BCUT2D eigenvalue weighted by atomic mass is 9.90. The summed E-state index contributed by atoms with van der Waals surface area (Å²) in [5.41, 5.74) is -0.144. The van der Waals surface area contributed by atoms with Crippen LogP contribution in [0.5, 0.6) is 0 Å². The molecule has 6 nitrogen and oxygen atoms in total. The zero-order valence-electron chi connectivity index (χ0n) is 12.5. The van der Waals surface area contributed by atoms with Crippen LogP contribution in [-0.4, -0.2) is 34.6 Å². The van der Waals surface area contributed by atoms with Gasteiger partial charge in [-0.25, -0.2) is 8.42 Å². The van der Waals surface area contributed by atoms with E-state index in [1.54, 1.807) is 7.11 Å². The number of halogens is 1. The van der Waals surface area contributed by atoms with Crippen molar-refractivity contribution in [3.63, 3.8) is 0 Å². The Morgan fingerprint density at radius 3 is 2.57 bits per heavy atom. The molecule has 1 N–H and O–H groups in total. The second-order valence-electron chi connectivity index (χ2n) is 5.56. The van der Waals surface area contributed by atoms with Crippen LogP contribution in [0.1, 0.15) is 36.6 Å². The van der Waals surface area contributed by atoms with Crippen molar-refractivity contribution in [3.8, 4) is 0 Å². The van der Waals surface area contributed by atoms with Crippen LogP contribution in [0.3, 0.4) is 0 Å². The van der Waals surface area contributed by atoms with Crippen molar-refractivity contribution in [2.45, 2.75) is 32.1 Å². The highest BCUT2D eigenvalue weighted by Gasteiger charge is 2.24. The van der Waals surface area contributed by atoms with Gasteiger partial charge in [0.15, 0.2) is 5.76 Å².